The van der Waals surface area contributed by atoms with Crippen molar-refractivity contribution in [3.05, 3.63) is 94.0 Å². The van der Waals surface area contributed by atoms with E-state index in [2.05, 4.69) is 10.3 Å². The number of carbonyl (C=O) groups excluding carboxylic acids is 1. The third-order valence-corrected chi connectivity index (χ3v) is 5.80. The molecule has 1 N–H and O–H groups in total. The van der Waals surface area contributed by atoms with E-state index in [1.807, 2.05) is 68.4 Å². The van der Waals surface area contributed by atoms with Gasteiger partial charge in [0, 0.05) is 6.20 Å². The van der Waals surface area contributed by atoms with E-state index in [1.165, 1.54) is 11.8 Å². The van der Waals surface area contributed by atoms with Gasteiger partial charge in [-0.1, -0.05) is 47.7 Å². The maximum Gasteiger partial charge on any atom is 0.266 e. The average molecular weight is 431 g/mol. The smallest absolute Gasteiger partial charge is 0.266 e. The standard InChI is InChI=1S/C24H22N4O2S/c1-16-10-11-21(17(2)13-16)28-23(30)19-8-3-4-9-20(19)27-24(28)31-15-22(29)26-14-18-7-5-6-12-25-18/h3-13H,14-15H2,1-2H3,(H,26,29). The van der Waals surface area contributed by atoms with Crippen LogP contribution in [0.2, 0.25) is 0 Å². The van der Waals surface area contributed by atoms with Crippen molar-refractivity contribution in [3.8, 4) is 5.69 Å². The Morgan fingerprint density at radius 1 is 1.06 bits per heavy atom. The highest BCUT2D eigenvalue weighted by Crippen LogP contribution is 2.23. The summed E-state index contributed by atoms with van der Waals surface area (Å²) in [6.45, 7) is 4.34. The largest absolute Gasteiger partial charge is 0.350 e. The fourth-order valence-electron chi connectivity index (χ4n) is 3.35. The normalized spacial score (nSPS) is 10.9. The zero-order valence-corrected chi connectivity index (χ0v) is 18.1. The maximum absolute atomic E-state index is 13.3. The summed E-state index contributed by atoms with van der Waals surface area (Å²) >= 11 is 1.25. The SMILES string of the molecule is Cc1ccc(-n2c(SCC(=O)NCc3ccccn3)nc3ccccc3c2=O)c(C)c1. The minimum Gasteiger partial charge on any atom is -0.350 e. The van der Waals surface area contributed by atoms with Crippen LogP contribution in [-0.2, 0) is 11.3 Å². The summed E-state index contributed by atoms with van der Waals surface area (Å²) in [6.07, 6.45) is 1.69. The minimum atomic E-state index is -0.148. The van der Waals surface area contributed by atoms with Crippen LogP contribution in [0.4, 0.5) is 0 Å². The molecule has 0 saturated carbocycles. The van der Waals surface area contributed by atoms with Crippen LogP contribution in [-0.4, -0.2) is 26.2 Å². The van der Waals surface area contributed by atoms with Gasteiger partial charge in [-0.15, -0.1) is 0 Å². The number of aryl methyl sites for hydroxylation is 2. The van der Waals surface area contributed by atoms with Crippen molar-refractivity contribution in [2.45, 2.75) is 25.5 Å². The number of fused-ring (bicyclic) bond motifs is 1. The Morgan fingerprint density at radius 2 is 1.87 bits per heavy atom. The quantitative estimate of drug-likeness (QED) is 0.372. The molecule has 156 valence electrons. The minimum absolute atomic E-state index is 0.141. The van der Waals surface area contributed by atoms with Crippen LogP contribution in [0, 0.1) is 13.8 Å². The molecule has 31 heavy (non-hydrogen) atoms. The van der Waals surface area contributed by atoms with Gasteiger partial charge >= 0.3 is 0 Å². The van der Waals surface area contributed by atoms with Crippen LogP contribution < -0.4 is 10.9 Å². The van der Waals surface area contributed by atoms with E-state index in [1.54, 1.807) is 16.8 Å². The lowest BCUT2D eigenvalue weighted by Gasteiger charge is -2.15. The summed E-state index contributed by atoms with van der Waals surface area (Å²) in [7, 11) is 0. The molecule has 2 aromatic carbocycles. The number of hydrogen-bond acceptors (Lipinski definition) is 5. The fourth-order valence-corrected chi connectivity index (χ4v) is 4.19. The number of carbonyl (C=O) groups is 1. The third kappa shape index (κ3) is 4.67. The number of thioether (sulfide) groups is 1. The topological polar surface area (TPSA) is 76.9 Å². The van der Waals surface area contributed by atoms with Gasteiger partial charge in [-0.25, -0.2) is 4.98 Å². The first-order chi connectivity index (χ1) is 15.0. The lowest BCUT2D eigenvalue weighted by atomic mass is 10.1. The highest BCUT2D eigenvalue weighted by molar-refractivity contribution is 7.99. The number of pyridine rings is 1. The average Bonchev–Trinajstić information content (AvgIpc) is 2.78. The number of benzene rings is 2. The molecule has 6 nitrogen and oxygen atoms in total. The van der Waals surface area contributed by atoms with Crippen molar-refractivity contribution in [1.82, 2.24) is 19.9 Å². The number of aromatic nitrogens is 3. The molecule has 2 aromatic heterocycles. The summed E-state index contributed by atoms with van der Waals surface area (Å²) in [4.78, 5) is 34.7. The van der Waals surface area contributed by atoms with Crippen molar-refractivity contribution >= 4 is 28.6 Å². The number of rotatable bonds is 6. The van der Waals surface area contributed by atoms with Gasteiger partial charge in [0.05, 0.1) is 34.6 Å². The van der Waals surface area contributed by atoms with E-state index in [0.29, 0.717) is 22.6 Å². The van der Waals surface area contributed by atoms with Crippen LogP contribution in [0.3, 0.4) is 0 Å². The van der Waals surface area contributed by atoms with Crippen molar-refractivity contribution < 1.29 is 4.79 Å². The molecule has 0 spiro atoms. The number of hydrogen-bond donors (Lipinski definition) is 1. The zero-order chi connectivity index (χ0) is 21.8. The molecule has 2 heterocycles. The van der Waals surface area contributed by atoms with Crippen LogP contribution in [0.1, 0.15) is 16.8 Å². The van der Waals surface area contributed by atoms with Gasteiger partial charge < -0.3 is 5.32 Å². The van der Waals surface area contributed by atoms with Gasteiger partial charge in [-0.05, 0) is 49.7 Å². The van der Waals surface area contributed by atoms with Crippen molar-refractivity contribution in [2.24, 2.45) is 0 Å². The molecule has 0 aliphatic heterocycles. The third-order valence-electron chi connectivity index (χ3n) is 4.86. The molecule has 0 aliphatic carbocycles. The molecule has 4 aromatic rings. The van der Waals surface area contributed by atoms with Crippen molar-refractivity contribution in [3.63, 3.8) is 0 Å². The zero-order valence-electron chi connectivity index (χ0n) is 17.3. The van der Waals surface area contributed by atoms with E-state index < -0.39 is 0 Å². The molecule has 0 atom stereocenters. The van der Waals surface area contributed by atoms with E-state index >= 15 is 0 Å². The number of para-hydroxylation sites is 1. The number of nitrogens with zero attached hydrogens (tertiary/aromatic N) is 3. The maximum atomic E-state index is 13.3. The molecule has 4 rings (SSSR count). The Bertz CT molecular complexity index is 1300. The van der Waals surface area contributed by atoms with E-state index in [-0.39, 0.29) is 17.2 Å². The highest BCUT2D eigenvalue weighted by atomic mass is 32.2. The van der Waals surface area contributed by atoms with E-state index in [4.69, 9.17) is 4.98 Å². The Balaban J connectivity index is 1.64. The number of nitrogens with one attached hydrogen (secondary N) is 1. The fraction of sp³-hybridized carbons (Fsp3) is 0.167. The molecule has 0 fully saturated rings. The Hall–Kier alpha value is -3.45. The van der Waals surface area contributed by atoms with Gasteiger partial charge in [0.15, 0.2) is 5.16 Å². The summed E-state index contributed by atoms with van der Waals surface area (Å²) in [5.74, 6) is -0.00654. The Labute approximate surface area is 184 Å². The second kappa shape index (κ2) is 9.14. The molecule has 1 amide bonds. The van der Waals surface area contributed by atoms with E-state index in [9.17, 15) is 9.59 Å². The molecule has 0 saturated heterocycles. The van der Waals surface area contributed by atoms with Crippen molar-refractivity contribution in [1.29, 1.82) is 0 Å². The van der Waals surface area contributed by atoms with E-state index in [0.717, 1.165) is 22.5 Å². The monoisotopic (exact) mass is 430 g/mol. The highest BCUT2D eigenvalue weighted by Gasteiger charge is 2.16. The summed E-state index contributed by atoms with van der Waals surface area (Å²) in [5, 5.41) is 3.90. The molecule has 0 unspecified atom stereocenters. The lowest BCUT2D eigenvalue weighted by molar-refractivity contribution is -0.118. The van der Waals surface area contributed by atoms with Gasteiger partial charge in [-0.3, -0.25) is 19.1 Å². The molecular weight excluding hydrogens is 408 g/mol. The summed E-state index contributed by atoms with van der Waals surface area (Å²) in [5.41, 5.74) is 4.12. The predicted molar refractivity (Wildman–Crippen MR) is 124 cm³/mol. The predicted octanol–water partition coefficient (Wildman–Crippen LogP) is 3.81. The first-order valence-corrected chi connectivity index (χ1v) is 10.9. The van der Waals surface area contributed by atoms with Crippen LogP contribution >= 0.6 is 11.8 Å². The lowest BCUT2D eigenvalue weighted by Crippen LogP contribution is -2.26. The molecule has 0 bridgehead atoms. The van der Waals surface area contributed by atoms with Crippen LogP contribution in [0.15, 0.2) is 76.8 Å². The first kappa shape index (κ1) is 20.8. The summed E-state index contributed by atoms with van der Waals surface area (Å²) < 4.78 is 1.60. The van der Waals surface area contributed by atoms with Gasteiger partial charge in [-0.2, -0.15) is 0 Å². The molecule has 0 aliphatic rings. The second-order valence-corrected chi connectivity index (χ2v) is 8.17. The first-order valence-electron chi connectivity index (χ1n) is 9.92. The van der Waals surface area contributed by atoms with Gasteiger partial charge in [0.1, 0.15) is 0 Å². The second-order valence-electron chi connectivity index (χ2n) is 7.23. The number of amides is 1. The van der Waals surface area contributed by atoms with Gasteiger partial charge in [0.25, 0.3) is 5.56 Å². The molecular formula is C24H22N4O2S. The Kier molecular flexibility index (Phi) is 6.13. The molecule has 0 radical (unpaired) electrons. The summed E-state index contributed by atoms with van der Waals surface area (Å²) in [6, 6.07) is 18.8. The van der Waals surface area contributed by atoms with Gasteiger partial charge in [0.2, 0.25) is 5.91 Å². The molecule has 7 heteroatoms. The van der Waals surface area contributed by atoms with Crippen LogP contribution in [0.5, 0.6) is 0 Å². The van der Waals surface area contributed by atoms with Crippen molar-refractivity contribution in [2.75, 3.05) is 5.75 Å². The Morgan fingerprint density at radius 3 is 2.65 bits per heavy atom. The van der Waals surface area contributed by atoms with Crippen LogP contribution in [0.25, 0.3) is 16.6 Å².